The van der Waals surface area contributed by atoms with Gasteiger partial charge in [-0.15, -0.1) is 0 Å². The summed E-state index contributed by atoms with van der Waals surface area (Å²) in [6, 6.07) is 6.06. The Morgan fingerprint density at radius 1 is 1.21 bits per heavy atom. The summed E-state index contributed by atoms with van der Waals surface area (Å²) in [6.07, 6.45) is 8.87. The molecule has 0 atom stereocenters. The van der Waals surface area contributed by atoms with Crippen molar-refractivity contribution in [2.24, 2.45) is 5.41 Å². The van der Waals surface area contributed by atoms with Crippen LogP contribution >= 0.6 is 15.9 Å². The molecule has 1 aromatic carbocycles. The van der Waals surface area contributed by atoms with Crippen LogP contribution in [0.5, 0.6) is 0 Å². The van der Waals surface area contributed by atoms with Gasteiger partial charge < -0.3 is 5.32 Å². The molecule has 0 spiro atoms. The highest BCUT2D eigenvalue weighted by atomic mass is 79.9. The van der Waals surface area contributed by atoms with Crippen molar-refractivity contribution in [3.05, 3.63) is 34.1 Å². The molecule has 2 saturated carbocycles. The second-order valence-electron chi connectivity index (χ2n) is 6.32. The maximum Gasteiger partial charge on any atom is 0.124 e. The third-order valence-electron chi connectivity index (χ3n) is 4.51. The first-order chi connectivity index (χ1) is 9.15. The number of rotatable bonds is 5. The van der Waals surface area contributed by atoms with E-state index in [0.29, 0.717) is 5.41 Å². The summed E-state index contributed by atoms with van der Waals surface area (Å²) in [7, 11) is 0. The number of hydrogen-bond acceptors (Lipinski definition) is 1. The lowest BCUT2D eigenvalue weighted by atomic mass is 9.80. The van der Waals surface area contributed by atoms with Gasteiger partial charge in [0.15, 0.2) is 0 Å². The van der Waals surface area contributed by atoms with E-state index in [-0.39, 0.29) is 5.82 Å². The second kappa shape index (κ2) is 5.53. The van der Waals surface area contributed by atoms with Gasteiger partial charge in [-0.05, 0) is 61.3 Å². The van der Waals surface area contributed by atoms with Crippen molar-refractivity contribution in [1.29, 1.82) is 0 Å². The van der Waals surface area contributed by atoms with Crippen LogP contribution in [0.2, 0.25) is 0 Å². The van der Waals surface area contributed by atoms with Crippen molar-refractivity contribution in [2.75, 3.05) is 6.54 Å². The van der Waals surface area contributed by atoms with E-state index in [9.17, 15) is 4.39 Å². The smallest absolute Gasteiger partial charge is 0.124 e. The molecule has 0 bridgehead atoms. The molecule has 0 aliphatic heterocycles. The molecule has 2 aliphatic rings. The first-order valence-electron chi connectivity index (χ1n) is 7.34. The molecule has 3 rings (SSSR count). The Kier molecular flexibility index (Phi) is 3.95. The predicted octanol–water partition coefficient (Wildman–Crippen LogP) is 4.44. The maximum atomic E-state index is 13.5. The van der Waals surface area contributed by atoms with Crippen LogP contribution in [0.15, 0.2) is 22.7 Å². The van der Waals surface area contributed by atoms with E-state index in [2.05, 4.69) is 27.3 Å². The molecule has 0 saturated heterocycles. The summed E-state index contributed by atoms with van der Waals surface area (Å²) in [5, 5.41) is 3.68. The van der Waals surface area contributed by atoms with Crippen LogP contribution in [-0.2, 0) is 6.42 Å². The highest BCUT2D eigenvalue weighted by Crippen LogP contribution is 2.41. The lowest BCUT2D eigenvalue weighted by Gasteiger charge is -2.30. The van der Waals surface area contributed by atoms with Crippen molar-refractivity contribution >= 4 is 15.9 Å². The van der Waals surface area contributed by atoms with E-state index in [1.165, 1.54) is 44.6 Å². The summed E-state index contributed by atoms with van der Waals surface area (Å²) in [6.45, 7) is 1.10. The molecule has 1 nitrogen and oxygen atoms in total. The average Bonchev–Trinajstić information content (AvgIpc) is 3.06. The maximum absolute atomic E-state index is 13.5. The van der Waals surface area contributed by atoms with E-state index >= 15 is 0 Å². The SMILES string of the molecule is Fc1cc(Br)cc(CC2(CNC3CC3)CCCC2)c1. The Balaban J connectivity index is 1.72. The summed E-state index contributed by atoms with van der Waals surface area (Å²) < 4.78 is 14.4. The molecule has 1 N–H and O–H groups in total. The van der Waals surface area contributed by atoms with Gasteiger partial charge in [0, 0.05) is 17.1 Å². The fourth-order valence-electron chi connectivity index (χ4n) is 3.34. The van der Waals surface area contributed by atoms with Crippen molar-refractivity contribution in [1.82, 2.24) is 5.32 Å². The Morgan fingerprint density at radius 3 is 2.58 bits per heavy atom. The van der Waals surface area contributed by atoms with Crippen LogP contribution in [0.1, 0.15) is 44.1 Å². The van der Waals surface area contributed by atoms with Gasteiger partial charge >= 0.3 is 0 Å². The first kappa shape index (κ1) is 13.6. The standard InChI is InChI=1S/C16H21BrFN/c17-13-7-12(8-14(18)9-13)10-16(5-1-2-6-16)11-19-15-3-4-15/h7-9,15,19H,1-6,10-11H2. The predicted molar refractivity (Wildman–Crippen MR) is 79.7 cm³/mol. The van der Waals surface area contributed by atoms with Gasteiger partial charge in [0.1, 0.15) is 5.82 Å². The van der Waals surface area contributed by atoms with Gasteiger partial charge in [-0.1, -0.05) is 28.8 Å². The Bertz CT molecular complexity index is 430. The summed E-state index contributed by atoms with van der Waals surface area (Å²) in [4.78, 5) is 0. The van der Waals surface area contributed by atoms with Crippen LogP contribution in [0.3, 0.4) is 0 Å². The summed E-state index contributed by atoms with van der Waals surface area (Å²) >= 11 is 3.40. The minimum atomic E-state index is -0.132. The number of halogens is 2. The second-order valence-corrected chi connectivity index (χ2v) is 7.23. The molecule has 104 valence electrons. The van der Waals surface area contributed by atoms with E-state index in [1.807, 2.05) is 0 Å². The quantitative estimate of drug-likeness (QED) is 0.843. The molecule has 2 aliphatic carbocycles. The topological polar surface area (TPSA) is 12.0 Å². The van der Waals surface area contributed by atoms with Crippen molar-refractivity contribution in [3.8, 4) is 0 Å². The van der Waals surface area contributed by atoms with Gasteiger partial charge in [0.05, 0.1) is 0 Å². The minimum Gasteiger partial charge on any atom is -0.313 e. The van der Waals surface area contributed by atoms with Crippen LogP contribution in [-0.4, -0.2) is 12.6 Å². The van der Waals surface area contributed by atoms with Gasteiger partial charge in [-0.3, -0.25) is 0 Å². The third-order valence-corrected chi connectivity index (χ3v) is 4.97. The molecule has 0 amide bonds. The zero-order valence-corrected chi connectivity index (χ0v) is 12.8. The highest BCUT2D eigenvalue weighted by Gasteiger charge is 2.35. The highest BCUT2D eigenvalue weighted by molar-refractivity contribution is 9.10. The van der Waals surface area contributed by atoms with Crippen LogP contribution in [0.25, 0.3) is 0 Å². The van der Waals surface area contributed by atoms with Gasteiger partial charge in [0.2, 0.25) is 0 Å². The first-order valence-corrected chi connectivity index (χ1v) is 8.13. The van der Waals surface area contributed by atoms with Crippen LogP contribution in [0, 0.1) is 11.2 Å². The van der Waals surface area contributed by atoms with Gasteiger partial charge in [-0.2, -0.15) is 0 Å². The molecule has 1 aromatic rings. The zero-order valence-electron chi connectivity index (χ0n) is 11.2. The molecule has 3 heteroatoms. The average molecular weight is 326 g/mol. The summed E-state index contributed by atoms with van der Waals surface area (Å²) in [5.41, 5.74) is 1.49. The Morgan fingerprint density at radius 2 is 1.95 bits per heavy atom. The van der Waals surface area contributed by atoms with Crippen molar-refractivity contribution in [3.63, 3.8) is 0 Å². The van der Waals surface area contributed by atoms with E-state index in [0.717, 1.165) is 29.0 Å². The van der Waals surface area contributed by atoms with E-state index in [4.69, 9.17) is 0 Å². The normalized spacial score (nSPS) is 21.8. The van der Waals surface area contributed by atoms with Crippen molar-refractivity contribution < 1.29 is 4.39 Å². The molecule has 0 unspecified atom stereocenters. The van der Waals surface area contributed by atoms with Gasteiger partial charge in [-0.25, -0.2) is 4.39 Å². The lowest BCUT2D eigenvalue weighted by molar-refractivity contribution is 0.276. The van der Waals surface area contributed by atoms with Crippen molar-refractivity contribution in [2.45, 2.75) is 51.0 Å². The molecular formula is C16H21BrFN. The lowest BCUT2D eigenvalue weighted by Crippen LogP contribution is -2.35. The third kappa shape index (κ3) is 3.57. The molecule has 0 radical (unpaired) electrons. The monoisotopic (exact) mass is 325 g/mol. The number of benzene rings is 1. The van der Waals surface area contributed by atoms with Crippen LogP contribution in [0.4, 0.5) is 4.39 Å². The fourth-order valence-corrected chi connectivity index (χ4v) is 3.85. The number of hydrogen-bond donors (Lipinski definition) is 1. The molecule has 0 heterocycles. The van der Waals surface area contributed by atoms with E-state index < -0.39 is 0 Å². The molecular weight excluding hydrogens is 305 g/mol. The molecule has 0 aromatic heterocycles. The zero-order chi connectivity index (χ0) is 13.3. The minimum absolute atomic E-state index is 0.132. The fraction of sp³-hybridized carbons (Fsp3) is 0.625. The Labute approximate surface area is 123 Å². The number of nitrogens with one attached hydrogen (secondary N) is 1. The molecule has 2 fully saturated rings. The molecule has 19 heavy (non-hydrogen) atoms. The van der Waals surface area contributed by atoms with Gasteiger partial charge in [0.25, 0.3) is 0 Å². The van der Waals surface area contributed by atoms with E-state index in [1.54, 1.807) is 6.07 Å². The summed E-state index contributed by atoms with van der Waals surface area (Å²) in [5.74, 6) is -0.132. The van der Waals surface area contributed by atoms with Crippen LogP contribution < -0.4 is 5.32 Å². The largest absolute Gasteiger partial charge is 0.313 e. The Hall–Kier alpha value is -0.410.